The highest BCUT2D eigenvalue weighted by Crippen LogP contribution is 2.28. The highest BCUT2D eigenvalue weighted by molar-refractivity contribution is 7.92. The van der Waals surface area contributed by atoms with Crippen LogP contribution in [0.4, 0.5) is 10.1 Å². The average molecular weight is 581 g/mol. The summed E-state index contributed by atoms with van der Waals surface area (Å²) in [6.45, 7) is 2.97. The molecule has 0 radical (unpaired) electrons. The van der Waals surface area contributed by atoms with Crippen LogP contribution >= 0.6 is 23.2 Å². The minimum Gasteiger partial charge on any atom is -0.355 e. The maximum absolute atomic E-state index is 14.9. The molecule has 0 saturated carbocycles. The lowest BCUT2D eigenvalue weighted by Crippen LogP contribution is -2.52. The fraction of sp³-hybridized carbons (Fsp3) is 0.259. The summed E-state index contributed by atoms with van der Waals surface area (Å²) in [6.07, 6.45) is 0.244. The van der Waals surface area contributed by atoms with Gasteiger partial charge in [0, 0.05) is 23.1 Å². The van der Waals surface area contributed by atoms with E-state index in [-0.39, 0.29) is 28.6 Å². The molecule has 1 atom stereocenters. The third-order valence-corrected chi connectivity index (χ3v) is 8.18. The highest BCUT2D eigenvalue weighted by Gasteiger charge is 2.34. The number of halogens is 3. The molecule has 3 aromatic rings. The Labute approximate surface area is 232 Å². The number of likely N-dealkylation sites (N-methyl/N-ethyl adjacent to an activating group) is 1. The van der Waals surface area contributed by atoms with Gasteiger partial charge in [-0.2, -0.15) is 0 Å². The Hall–Kier alpha value is -3.14. The predicted octanol–water partition coefficient (Wildman–Crippen LogP) is 5.27. The molecule has 38 heavy (non-hydrogen) atoms. The minimum atomic E-state index is -4.35. The van der Waals surface area contributed by atoms with E-state index in [9.17, 15) is 22.4 Å². The minimum absolute atomic E-state index is 0.0963. The second kappa shape index (κ2) is 13.1. The Kier molecular flexibility index (Phi) is 10.1. The lowest BCUT2D eigenvalue weighted by Gasteiger charge is -2.33. The number of amides is 2. The first-order valence-electron chi connectivity index (χ1n) is 11.9. The fourth-order valence-corrected chi connectivity index (χ4v) is 5.84. The number of carbonyl (C=O) groups excluding carboxylic acids is 2. The third kappa shape index (κ3) is 6.83. The lowest BCUT2D eigenvalue weighted by molar-refractivity contribution is -0.140. The van der Waals surface area contributed by atoms with Crippen molar-refractivity contribution in [2.24, 2.45) is 0 Å². The van der Waals surface area contributed by atoms with Gasteiger partial charge in [-0.05, 0) is 55.3 Å². The van der Waals surface area contributed by atoms with Gasteiger partial charge in [0.15, 0.2) is 0 Å². The van der Waals surface area contributed by atoms with Crippen LogP contribution in [0.5, 0.6) is 0 Å². The van der Waals surface area contributed by atoms with Gasteiger partial charge < -0.3 is 10.2 Å². The highest BCUT2D eigenvalue weighted by atomic mass is 35.5. The molecule has 7 nitrogen and oxygen atoms in total. The van der Waals surface area contributed by atoms with E-state index < -0.39 is 40.2 Å². The summed E-state index contributed by atoms with van der Waals surface area (Å²) in [6, 6.07) is 16.5. The number of carbonyl (C=O) groups is 2. The number of anilines is 1. The second-order valence-electron chi connectivity index (χ2n) is 8.35. The quantitative estimate of drug-likeness (QED) is 0.335. The van der Waals surface area contributed by atoms with Crippen LogP contribution in [0.2, 0.25) is 10.0 Å². The Morgan fingerprint density at radius 3 is 2.24 bits per heavy atom. The van der Waals surface area contributed by atoms with Crippen LogP contribution in [0.25, 0.3) is 0 Å². The standard InChI is InChI=1S/C27H28Cl2FN3O4S/c1-3-24(27(35)31-4-2)32(17-19-14-15-20(28)16-22(19)29)26(34)18-33(25-13-9-8-12-23(25)30)38(36,37)21-10-6-5-7-11-21/h5-16,24H,3-4,17-18H2,1-2H3,(H,31,35). The molecule has 0 aliphatic heterocycles. The van der Waals surface area contributed by atoms with Crippen molar-refractivity contribution in [3.05, 3.63) is 94.2 Å². The van der Waals surface area contributed by atoms with Crippen LogP contribution in [0.3, 0.4) is 0 Å². The van der Waals surface area contributed by atoms with Gasteiger partial charge in [0.2, 0.25) is 11.8 Å². The zero-order valence-corrected chi connectivity index (χ0v) is 23.2. The first-order valence-corrected chi connectivity index (χ1v) is 14.1. The van der Waals surface area contributed by atoms with Gasteiger partial charge in [-0.3, -0.25) is 13.9 Å². The van der Waals surface area contributed by atoms with Gasteiger partial charge in [0.1, 0.15) is 18.4 Å². The molecule has 1 unspecified atom stereocenters. The van der Waals surface area contributed by atoms with Crippen LogP contribution in [0.1, 0.15) is 25.8 Å². The molecule has 3 rings (SSSR count). The zero-order chi connectivity index (χ0) is 27.9. The van der Waals surface area contributed by atoms with Crippen molar-refractivity contribution < 1.29 is 22.4 Å². The number of nitrogens with zero attached hydrogens (tertiary/aromatic N) is 2. The summed E-state index contributed by atoms with van der Waals surface area (Å²) in [7, 11) is -4.35. The topological polar surface area (TPSA) is 86.8 Å². The van der Waals surface area contributed by atoms with E-state index in [1.54, 1.807) is 32.0 Å². The van der Waals surface area contributed by atoms with Gasteiger partial charge in [-0.1, -0.05) is 66.5 Å². The van der Waals surface area contributed by atoms with E-state index in [0.717, 1.165) is 10.4 Å². The average Bonchev–Trinajstić information content (AvgIpc) is 2.89. The molecule has 11 heteroatoms. The Morgan fingerprint density at radius 2 is 1.63 bits per heavy atom. The van der Waals surface area contributed by atoms with Gasteiger partial charge in [-0.25, -0.2) is 12.8 Å². The summed E-state index contributed by atoms with van der Waals surface area (Å²) >= 11 is 12.4. The van der Waals surface area contributed by atoms with Crippen molar-refractivity contribution in [2.75, 3.05) is 17.4 Å². The van der Waals surface area contributed by atoms with Crippen LogP contribution in [-0.2, 0) is 26.2 Å². The molecule has 0 heterocycles. The molecule has 3 aromatic carbocycles. The van der Waals surface area contributed by atoms with E-state index in [4.69, 9.17) is 23.2 Å². The van der Waals surface area contributed by atoms with Crippen LogP contribution in [0, 0.1) is 5.82 Å². The number of nitrogens with one attached hydrogen (secondary N) is 1. The van der Waals surface area contributed by atoms with Crippen LogP contribution in [0.15, 0.2) is 77.7 Å². The molecule has 0 bridgehead atoms. The molecule has 0 saturated heterocycles. The second-order valence-corrected chi connectivity index (χ2v) is 11.1. The summed E-state index contributed by atoms with van der Waals surface area (Å²) < 4.78 is 42.9. The zero-order valence-electron chi connectivity index (χ0n) is 20.9. The summed E-state index contributed by atoms with van der Waals surface area (Å²) in [5, 5.41) is 3.39. The van der Waals surface area contributed by atoms with Crippen molar-refractivity contribution in [2.45, 2.75) is 37.8 Å². The first kappa shape index (κ1) is 29.4. The van der Waals surface area contributed by atoms with Crippen molar-refractivity contribution in [3.8, 4) is 0 Å². The largest absolute Gasteiger partial charge is 0.355 e. The summed E-state index contributed by atoms with van der Waals surface area (Å²) in [4.78, 5) is 27.9. The molecule has 1 N–H and O–H groups in total. The Balaban J connectivity index is 2.08. The maximum atomic E-state index is 14.9. The van der Waals surface area contributed by atoms with E-state index in [2.05, 4.69) is 5.32 Å². The normalized spacial score (nSPS) is 12.0. The molecule has 0 fully saturated rings. The van der Waals surface area contributed by atoms with Crippen molar-refractivity contribution in [1.29, 1.82) is 0 Å². The SMILES string of the molecule is CCNC(=O)C(CC)N(Cc1ccc(Cl)cc1Cl)C(=O)CN(c1ccccc1F)S(=O)(=O)c1ccccc1. The summed E-state index contributed by atoms with van der Waals surface area (Å²) in [5.41, 5.74) is 0.218. The van der Waals surface area contributed by atoms with Gasteiger partial charge >= 0.3 is 0 Å². The smallest absolute Gasteiger partial charge is 0.264 e. The van der Waals surface area contributed by atoms with Gasteiger partial charge in [-0.15, -0.1) is 0 Å². The van der Waals surface area contributed by atoms with E-state index in [1.807, 2.05) is 0 Å². The van der Waals surface area contributed by atoms with E-state index in [1.165, 1.54) is 53.4 Å². The number of sulfonamides is 1. The molecule has 0 spiro atoms. The number of hydrogen-bond acceptors (Lipinski definition) is 4. The van der Waals surface area contributed by atoms with Crippen molar-refractivity contribution in [1.82, 2.24) is 10.2 Å². The van der Waals surface area contributed by atoms with E-state index >= 15 is 0 Å². The number of benzene rings is 3. The predicted molar refractivity (Wildman–Crippen MR) is 147 cm³/mol. The Bertz CT molecular complexity index is 1390. The molecule has 0 aliphatic carbocycles. The summed E-state index contributed by atoms with van der Waals surface area (Å²) in [5.74, 6) is -1.93. The maximum Gasteiger partial charge on any atom is 0.264 e. The molecule has 0 aromatic heterocycles. The third-order valence-electron chi connectivity index (χ3n) is 5.82. The fourth-order valence-electron chi connectivity index (χ4n) is 3.93. The lowest BCUT2D eigenvalue weighted by atomic mass is 10.1. The molecular weight excluding hydrogens is 552 g/mol. The molecule has 2 amide bonds. The van der Waals surface area contributed by atoms with Gasteiger partial charge in [0.25, 0.3) is 10.0 Å². The number of para-hydroxylation sites is 1. The van der Waals surface area contributed by atoms with Crippen LogP contribution < -0.4 is 9.62 Å². The monoisotopic (exact) mass is 579 g/mol. The Morgan fingerprint density at radius 1 is 0.974 bits per heavy atom. The van der Waals surface area contributed by atoms with Crippen molar-refractivity contribution >= 4 is 50.7 Å². The molecular formula is C27H28Cl2FN3O4S. The van der Waals surface area contributed by atoms with Crippen LogP contribution in [-0.4, -0.2) is 44.3 Å². The van der Waals surface area contributed by atoms with Gasteiger partial charge in [0.05, 0.1) is 10.6 Å². The first-order chi connectivity index (χ1) is 18.1. The molecule has 202 valence electrons. The van der Waals surface area contributed by atoms with E-state index in [0.29, 0.717) is 17.1 Å². The number of rotatable bonds is 11. The number of hydrogen-bond donors (Lipinski definition) is 1. The molecule has 0 aliphatic rings. The van der Waals surface area contributed by atoms with Crippen molar-refractivity contribution in [3.63, 3.8) is 0 Å².